The fourth-order valence-electron chi connectivity index (χ4n) is 5.17. The van der Waals surface area contributed by atoms with E-state index in [1.54, 1.807) is 25.4 Å². The third kappa shape index (κ3) is 4.48. The number of nitrogens with one attached hydrogen (secondary N) is 2. The van der Waals surface area contributed by atoms with Crippen molar-refractivity contribution >= 4 is 34.0 Å². The van der Waals surface area contributed by atoms with E-state index in [0.717, 1.165) is 62.2 Å². The molecule has 2 aromatic heterocycles. The molecule has 0 saturated carbocycles. The fourth-order valence-corrected chi connectivity index (χ4v) is 5.34. The maximum atomic E-state index is 12.6. The van der Waals surface area contributed by atoms with Crippen LogP contribution in [-0.4, -0.2) is 60.0 Å². The average Bonchev–Trinajstić information content (AvgIpc) is 3.34. The van der Waals surface area contributed by atoms with Crippen LogP contribution in [0.15, 0.2) is 47.4 Å². The first-order valence-corrected chi connectivity index (χ1v) is 11.9. The Morgan fingerprint density at radius 2 is 1.94 bits per heavy atom. The van der Waals surface area contributed by atoms with Crippen molar-refractivity contribution in [1.29, 1.82) is 0 Å². The monoisotopic (exact) mass is 465 g/mol. The number of fused-ring (bicyclic) bond motifs is 1. The van der Waals surface area contributed by atoms with Crippen LogP contribution in [0.4, 0.5) is 5.69 Å². The number of hydrogen-bond donors (Lipinski definition) is 2. The zero-order chi connectivity index (χ0) is 22.9. The lowest BCUT2D eigenvalue weighted by atomic mass is 10.0. The van der Waals surface area contributed by atoms with Gasteiger partial charge in [-0.3, -0.25) is 14.5 Å². The van der Waals surface area contributed by atoms with Crippen LogP contribution in [0.25, 0.3) is 10.8 Å². The number of pyridine rings is 2. The van der Waals surface area contributed by atoms with Gasteiger partial charge in [0, 0.05) is 54.7 Å². The third-order valence-corrected chi connectivity index (χ3v) is 7.28. The number of nitrogens with zero attached hydrogens (tertiary/aromatic N) is 3. The van der Waals surface area contributed by atoms with Crippen LogP contribution in [0.1, 0.15) is 41.4 Å². The van der Waals surface area contributed by atoms with Gasteiger partial charge in [-0.2, -0.15) is 0 Å². The molecule has 4 heterocycles. The summed E-state index contributed by atoms with van der Waals surface area (Å²) in [4.78, 5) is 36.6. The Kier molecular flexibility index (Phi) is 6.08. The second kappa shape index (κ2) is 9.15. The molecular weight excluding hydrogens is 438 g/mol. The number of aromatic amines is 1. The Labute approximate surface area is 197 Å². The molecule has 2 aliphatic heterocycles. The van der Waals surface area contributed by atoms with Gasteiger partial charge in [0.25, 0.3) is 11.5 Å². The van der Waals surface area contributed by atoms with Gasteiger partial charge in [0.2, 0.25) is 0 Å². The number of carbonyl (C=O) groups is 1. The second-order valence-electron chi connectivity index (χ2n) is 8.96. The lowest BCUT2D eigenvalue weighted by molar-refractivity contribution is 0.0958. The molecule has 0 aliphatic carbocycles. The van der Waals surface area contributed by atoms with Crippen LogP contribution in [0, 0.1) is 0 Å². The number of amides is 1. The number of H-pyrrole nitrogens is 1. The van der Waals surface area contributed by atoms with Gasteiger partial charge in [0.1, 0.15) is 5.69 Å². The van der Waals surface area contributed by atoms with Gasteiger partial charge in [-0.05, 0) is 61.5 Å². The standard InChI is InChI=1S/C25H28ClN5O2/c1-27-25(33)22-5-4-20(14-28-22)30-10-7-19(8-11-30)31-9-6-17(15-31)23-12-16-2-3-18(26)13-21(16)24(32)29-23/h2-5,12-14,17,19H,6-11,15H2,1H3,(H,27,33)(H,29,32). The zero-order valence-corrected chi connectivity index (χ0v) is 19.4. The highest BCUT2D eigenvalue weighted by Gasteiger charge is 2.32. The molecular formula is C25H28ClN5O2. The van der Waals surface area contributed by atoms with E-state index in [2.05, 4.69) is 31.2 Å². The summed E-state index contributed by atoms with van der Waals surface area (Å²) in [5.74, 6) is 0.178. The summed E-state index contributed by atoms with van der Waals surface area (Å²) < 4.78 is 0. The van der Waals surface area contributed by atoms with E-state index in [-0.39, 0.29) is 11.5 Å². The van der Waals surface area contributed by atoms with Crippen molar-refractivity contribution < 1.29 is 4.79 Å². The van der Waals surface area contributed by atoms with E-state index in [1.165, 1.54) is 0 Å². The third-order valence-electron chi connectivity index (χ3n) is 7.04. The normalized spacial score (nSPS) is 19.8. The number of anilines is 1. The molecule has 2 saturated heterocycles. The maximum Gasteiger partial charge on any atom is 0.269 e. The molecule has 2 fully saturated rings. The van der Waals surface area contributed by atoms with Crippen LogP contribution < -0.4 is 15.8 Å². The predicted molar refractivity (Wildman–Crippen MR) is 131 cm³/mol. The number of benzene rings is 1. The van der Waals surface area contributed by atoms with E-state index >= 15 is 0 Å². The first-order valence-electron chi connectivity index (χ1n) is 11.5. The summed E-state index contributed by atoms with van der Waals surface area (Å²) in [6.07, 6.45) is 5.04. The predicted octanol–water partition coefficient (Wildman–Crippen LogP) is 3.39. The highest BCUT2D eigenvalue weighted by Crippen LogP contribution is 2.31. The van der Waals surface area contributed by atoms with Crippen LogP contribution in [-0.2, 0) is 0 Å². The smallest absolute Gasteiger partial charge is 0.269 e. The van der Waals surface area contributed by atoms with Gasteiger partial charge < -0.3 is 15.2 Å². The van der Waals surface area contributed by atoms with Gasteiger partial charge in [0.15, 0.2) is 0 Å². The summed E-state index contributed by atoms with van der Waals surface area (Å²) in [5, 5.41) is 4.77. The summed E-state index contributed by atoms with van der Waals surface area (Å²) in [5.41, 5.74) is 2.47. The molecule has 3 aromatic rings. The van der Waals surface area contributed by atoms with E-state index in [9.17, 15) is 9.59 Å². The molecule has 1 atom stereocenters. The Morgan fingerprint density at radius 3 is 2.67 bits per heavy atom. The molecule has 1 aromatic carbocycles. The number of aromatic nitrogens is 2. The topological polar surface area (TPSA) is 81.3 Å². The summed E-state index contributed by atoms with van der Waals surface area (Å²) >= 11 is 6.06. The summed E-state index contributed by atoms with van der Waals surface area (Å²) in [7, 11) is 1.61. The van der Waals surface area contributed by atoms with Crippen molar-refractivity contribution in [1.82, 2.24) is 20.2 Å². The SMILES string of the molecule is CNC(=O)c1ccc(N2CCC(N3CCC(c4cc5ccc(Cl)cc5c(=O)[nH]4)C3)CC2)cn1. The molecule has 2 N–H and O–H groups in total. The molecule has 2 aliphatic rings. The van der Waals surface area contributed by atoms with Crippen LogP contribution in [0.3, 0.4) is 0 Å². The molecule has 33 heavy (non-hydrogen) atoms. The second-order valence-corrected chi connectivity index (χ2v) is 9.40. The summed E-state index contributed by atoms with van der Waals surface area (Å²) in [6.45, 7) is 3.97. The first-order chi connectivity index (χ1) is 16.0. The van der Waals surface area contributed by atoms with Crippen molar-refractivity contribution in [3.05, 3.63) is 69.4 Å². The number of likely N-dealkylation sites (tertiary alicyclic amines) is 1. The molecule has 0 radical (unpaired) electrons. The first kappa shape index (κ1) is 21.9. The number of rotatable bonds is 4. The van der Waals surface area contributed by atoms with Crippen LogP contribution in [0.5, 0.6) is 0 Å². The highest BCUT2D eigenvalue weighted by molar-refractivity contribution is 6.31. The van der Waals surface area contributed by atoms with Crippen LogP contribution >= 0.6 is 11.6 Å². The lowest BCUT2D eigenvalue weighted by Crippen LogP contribution is -2.44. The molecule has 7 nitrogen and oxygen atoms in total. The van der Waals surface area contributed by atoms with Crippen molar-refractivity contribution in [2.75, 3.05) is 38.1 Å². The molecule has 172 valence electrons. The van der Waals surface area contributed by atoms with Gasteiger partial charge in [-0.1, -0.05) is 17.7 Å². The zero-order valence-electron chi connectivity index (χ0n) is 18.7. The minimum atomic E-state index is -0.166. The Balaban J connectivity index is 1.21. The van der Waals surface area contributed by atoms with Crippen LogP contribution in [0.2, 0.25) is 5.02 Å². The number of halogens is 1. The van der Waals surface area contributed by atoms with E-state index in [0.29, 0.717) is 28.1 Å². The minimum Gasteiger partial charge on any atom is -0.370 e. The average molecular weight is 466 g/mol. The van der Waals surface area contributed by atoms with Gasteiger partial charge in [-0.25, -0.2) is 4.98 Å². The number of piperidine rings is 1. The minimum absolute atomic E-state index is 0.0622. The number of carbonyl (C=O) groups excluding carboxylic acids is 1. The molecule has 0 bridgehead atoms. The van der Waals surface area contributed by atoms with E-state index < -0.39 is 0 Å². The molecule has 0 spiro atoms. The van der Waals surface area contributed by atoms with Crippen molar-refractivity contribution in [2.45, 2.75) is 31.2 Å². The van der Waals surface area contributed by atoms with Crippen molar-refractivity contribution in [2.24, 2.45) is 0 Å². The van der Waals surface area contributed by atoms with E-state index in [4.69, 9.17) is 11.6 Å². The molecule has 5 rings (SSSR count). The van der Waals surface area contributed by atoms with E-state index in [1.807, 2.05) is 18.2 Å². The Morgan fingerprint density at radius 1 is 1.12 bits per heavy atom. The van der Waals surface area contributed by atoms with Gasteiger partial charge >= 0.3 is 0 Å². The lowest BCUT2D eigenvalue weighted by Gasteiger charge is -2.37. The largest absolute Gasteiger partial charge is 0.370 e. The van der Waals surface area contributed by atoms with Gasteiger partial charge in [0.05, 0.1) is 11.9 Å². The molecule has 1 amide bonds. The Bertz CT molecular complexity index is 1220. The molecule has 1 unspecified atom stereocenters. The van der Waals surface area contributed by atoms with Gasteiger partial charge in [-0.15, -0.1) is 0 Å². The number of hydrogen-bond acceptors (Lipinski definition) is 5. The highest BCUT2D eigenvalue weighted by atomic mass is 35.5. The Hall–Kier alpha value is -2.90. The fraction of sp³-hybridized carbons (Fsp3) is 0.400. The summed E-state index contributed by atoms with van der Waals surface area (Å²) in [6, 6.07) is 11.9. The molecule has 8 heteroatoms. The van der Waals surface area contributed by atoms with Crippen molar-refractivity contribution in [3.63, 3.8) is 0 Å². The van der Waals surface area contributed by atoms with Crippen molar-refractivity contribution in [3.8, 4) is 0 Å². The maximum absolute atomic E-state index is 12.6. The quantitative estimate of drug-likeness (QED) is 0.617.